The summed E-state index contributed by atoms with van der Waals surface area (Å²) < 4.78 is 1.63. The number of rotatable bonds is 3. The van der Waals surface area contributed by atoms with Gasteiger partial charge in [0.2, 0.25) is 0 Å². The van der Waals surface area contributed by atoms with Crippen molar-refractivity contribution in [2.45, 2.75) is 6.54 Å². The summed E-state index contributed by atoms with van der Waals surface area (Å²) in [5, 5.41) is 14.7. The van der Waals surface area contributed by atoms with E-state index in [9.17, 15) is 4.79 Å². The Morgan fingerprint density at radius 2 is 2.12 bits per heavy atom. The molecule has 0 aliphatic heterocycles. The van der Waals surface area contributed by atoms with Crippen LogP contribution in [-0.2, 0) is 6.54 Å². The molecule has 0 aliphatic carbocycles. The Balaban J connectivity index is 2.08. The summed E-state index contributed by atoms with van der Waals surface area (Å²) >= 11 is 0. The van der Waals surface area contributed by atoms with Crippen LogP contribution < -0.4 is 5.32 Å². The molecule has 16 heavy (non-hydrogen) atoms. The highest BCUT2D eigenvalue weighted by molar-refractivity contribution is 5.64. The Hall–Kier alpha value is -2.37. The molecule has 0 atom stereocenters. The molecule has 6 nitrogen and oxygen atoms in total. The van der Waals surface area contributed by atoms with Crippen molar-refractivity contribution in [3.05, 3.63) is 42.5 Å². The lowest BCUT2D eigenvalue weighted by Gasteiger charge is -2.03. The molecule has 1 aromatic heterocycles. The van der Waals surface area contributed by atoms with Crippen LogP contribution in [0.3, 0.4) is 0 Å². The topological polar surface area (TPSA) is 80.0 Å². The van der Waals surface area contributed by atoms with Gasteiger partial charge in [-0.15, -0.1) is 0 Å². The first-order valence-corrected chi connectivity index (χ1v) is 4.66. The maximum Gasteiger partial charge on any atom is 0.404 e. The fourth-order valence-corrected chi connectivity index (χ4v) is 1.29. The molecule has 0 bridgehead atoms. The molecule has 0 saturated heterocycles. The Labute approximate surface area is 91.6 Å². The van der Waals surface area contributed by atoms with E-state index in [1.54, 1.807) is 11.0 Å². The summed E-state index contributed by atoms with van der Waals surface area (Å²) in [4.78, 5) is 14.1. The average molecular weight is 218 g/mol. The van der Waals surface area contributed by atoms with Crippen molar-refractivity contribution < 1.29 is 9.90 Å². The molecule has 1 heterocycles. The van der Waals surface area contributed by atoms with E-state index in [0.717, 1.165) is 11.3 Å². The highest BCUT2D eigenvalue weighted by atomic mass is 16.4. The van der Waals surface area contributed by atoms with Gasteiger partial charge in [0.15, 0.2) is 0 Å². The van der Waals surface area contributed by atoms with E-state index < -0.39 is 6.09 Å². The second-order valence-electron chi connectivity index (χ2n) is 3.17. The van der Waals surface area contributed by atoms with Gasteiger partial charge in [0.25, 0.3) is 0 Å². The van der Waals surface area contributed by atoms with Crippen molar-refractivity contribution in [3.8, 4) is 5.69 Å². The minimum absolute atomic E-state index is 0.299. The smallest absolute Gasteiger partial charge is 0.404 e. The van der Waals surface area contributed by atoms with Gasteiger partial charge in [-0.2, -0.15) is 5.10 Å². The normalized spacial score (nSPS) is 10.0. The fourth-order valence-electron chi connectivity index (χ4n) is 1.29. The first kappa shape index (κ1) is 10.2. The molecule has 1 aromatic carbocycles. The number of amides is 1. The third-order valence-corrected chi connectivity index (χ3v) is 2.06. The second kappa shape index (κ2) is 4.43. The summed E-state index contributed by atoms with van der Waals surface area (Å²) in [7, 11) is 0. The molecular formula is C10H10N4O2. The maximum atomic E-state index is 10.3. The Morgan fingerprint density at radius 1 is 1.38 bits per heavy atom. The van der Waals surface area contributed by atoms with Gasteiger partial charge >= 0.3 is 6.09 Å². The Bertz CT molecular complexity index is 464. The van der Waals surface area contributed by atoms with E-state index in [-0.39, 0.29) is 0 Å². The summed E-state index contributed by atoms with van der Waals surface area (Å²) in [6.07, 6.45) is 2.03. The van der Waals surface area contributed by atoms with Crippen LogP contribution in [0.5, 0.6) is 0 Å². The van der Waals surface area contributed by atoms with Crippen molar-refractivity contribution >= 4 is 6.09 Å². The zero-order valence-electron chi connectivity index (χ0n) is 8.37. The predicted molar refractivity (Wildman–Crippen MR) is 56.2 cm³/mol. The van der Waals surface area contributed by atoms with E-state index in [2.05, 4.69) is 15.4 Å². The molecule has 0 saturated carbocycles. The summed E-state index contributed by atoms with van der Waals surface area (Å²) in [5.41, 5.74) is 1.78. The van der Waals surface area contributed by atoms with E-state index in [1.165, 1.54) is 6.33 Å². The minimum Gasteiger partial charge on any atom is -0.465 e. The van der Waals surface area contributed by atoms with E-state index >= 15 is 0 Å². The molecule has 2 N–H and O–H groups in total. The SMILES string of the molecule is O=C(O)NCc1ccc(-n2cncn2)cc1. The zero-order chi connectivity index (χ0) is 11.4. The van der Waals surface area contributed by atoms with Gasteiger partial charge in [0, 0.05) is 6.54 Å². The van der Waals surface area contributed by atoms with Crippen molar-refractivity contribution in [2.24, 2.45) is 0 Å². The number of carboxylic acid groups (broad SMARTS) is 1. The highest BCUT2D eigenvalue weighted by Crippen LogP contribution is 2.07. The lowest BCUT2D eigenvalue weighted by Crippen LogP contribution is -2.19. The molecule has 1 amide bonds. The standard InChI is InChI=1S/C10H10N4O2/c15-10(16)12-5-8-1-3-9(4-2-8)14-7-11-6-13-14/h1-4,6-7,12H,5H2,(H,15,16). The Morgan fingerprint density at radius 3 is 2.69 bits per heavy atom. The Kier molecular flexibility index (Phi) is 2.81. The highest BCUT2D eigenvalue weighted by Gasteiger charge is 1.99. The summed E-state index contributed by atoms with van der Waals surface area (Å²) in [6.45, 7) is 0.299. The number of hydrogen-bond donors (Lipinski definition) is 2. The van der Waals surface area contributed by atoms with Gasteiger partial charge in [-0.25, -0.2) is 14.5 Å². The van der Waals surface area contributed by atoms with Crippen LogP contribution in [0.15, 0.2) is 36.9 Å². The van der Waals surface area contributed by atoms with E-state index in [1.807, 2.05) is 24.3 Å². The van der Waals surface area contributed by atoms with Crippen molar-refractivity contribution in [2.75, 3.05) is 0 Å². The minimum atomic E-state index is -1.03. The maximum absolute atomic E-state index is 10.3. The lowest BCUT2D eigenvalue weighted by atomic mass is 10.2. The van der Waals surface area contributed by atoms with E-state index in [4.69, 9.17) is 5.11 Å². The van der Waals surface area contributed by atoms with Gasteiger partial charge in [0.1, 0.15) is 12.7 Å². The molecule has 0 radical (unpaired) electrons. The molecule has 0 spiro atoms. The van der Waals surface area contributed by atoms with Crippen LogP contribution >= 0.6 is 0 Å². The second-order valence-corrected chi connectivity index (χ2v) is 3.17. The van der Waals surface area contributed by atoms with E-state index in [0.29, 0.717) is 6.54 Å². The number of hydrogen-bond acceptors (Lipinski definition) is 3. The van der Waals surface area contributed by atoms with Crippen LogP contribution in [0, 0.1) is 0 Å². The largest absolute Gasteiger partial charge is 0.465 e. The van der Waals surface area contributed by atoms with Crippen molar-refractivity contribution in [1.82, 2.24) is 20.1 Å². The number of carbonyl (C=O) groups is 1. The lowest BCUT2D eigenvalue weighted by molar-refractivity contribution is 0.194. The molecule has 0 unspecified atom stereocenters. The first-order valence-electron chi connectivity index (χ1n) is 4.66. The summed E-state index contributed by atoms with van der Waals surface area (Å²) in [5.74, 6) is 0. The van der Waals surface area contributed by atoms with Crippen LogP contribution in [0.25, 0.3) is 5.69 Å². The number of nitrogens with zero attached hydrogens (tertiary/aromatic N) is 3. The van der Waals surface area contributed by atoms with Crippen LogP contribution in [0.2, 0.25) is 0 Å². The average Bonchev–Trinajstić information content (AvgIpc) is 2.80. The number of benzene rings is 1. The quantitative estimate of drug-likeness (QED) is 0.806. The fraction of sp³-hybridized carbons (Fsp3) is 0.100. The third kappa shape index (κ3) is 2.35. The van der Waals surface area contributed by atoms with Crippen LogP contribution in [0.4, 0.5) is 4.79 Å². The number of aromatic nitrogens is 3. The monoisotopic (exact) mass is 218 g/mol. The molecule has 6 heteroatoms. The van der Waals surface area contributed by atoms with Gasteiger partial charge in [-0.3, -0.25) is 0 Å². The van der Waals surface area contributed by atoms with Gasteiger partial charge < -0.3 is 10.4 Å². The first-order chi connectivity index (χ1) is 7.75. The molecule has 2 aromatic rings. The van der Waals surface area contributed by atoms with Crippen LogP contribution in [0.1, 0.15) is 5.56 Å². The summed E-state index contributed by atoms with van der Waals surface area (Å²) in [6, 6.07) is 7.39. The van der Waals surface area contributed by atoms with Crippen molar-refractivity contribution in [1.29, 1.82) is 0 Å². The number of nitrogens with one attached hydrogen (secondary N) is 1. The van der Waals surface area contributed by atoms with Crippen LogP contribution in [-0.4, -0.2) is 26.0 Å². The molecule has 0 aliphatic rings. The molecule has 2 rings (SSSR count). The van der Waals surface area contributed by atoms with Gasteiger partial charge in [0.05, 0.1) is 5.69 Å². The van der Waals surface area contributed by atoms with Crippen molar-refractivity contribution in [3.63, 3.8) is 0 Å². The molecule has 82 valence electrons. The van der Waals surface area contributed by atoms with Gasteiger partial charge in [-0.05, 0) is 17.7 Å². The predicted octanol–water partition coefficient (Wildman–Crippen LogP) is 1.03. The zero-order valence-corrected chi connectivity index (χ0v) is 8.37. The molecular weight excluding hydrogens is 208 g/mol. The molecule has 0 fully saturated rings. The third-order valence-electron chi connectivity index (χ3n) is 2.06. The van der Waals surface area contributed by atoms with Gasteiger partial charge in [-0.1, -0.05) is 12.1 Å².